The maximum atomic E-state index is 11.9. The van der Waals surface area contributed by atoms with Gasteiger partial charge in [-0.3, -0.25) is 0 Å². The zero-order valence-electron chi connectivity index (χ0n) is 10.6. The Hall–Kier alpha value is -1.23. The number of hydrogen-bond acceptors (Lipinski definition) is 2. The van der Waals surface area contributed by atoms with E-state index in [0.29, 0.717) is 11.8 Å². The zero-order valence-corrected chi connectivity index (χ0v) is 10.6. The summed E-state index contributed by atoms with van der Waals surface area (Å²) in [5, 5.41) is 3.25. The molecule has 102 valence electrons. The van der Waals surface area contributed by atoms with Crippen LogP contribution in [0.2, 0.25) is 0 Å². The Kier molecular flexibility index (Phi) is 5.47. The van der Waals surface area contributed by atoms with Gasteiger partial charge in [0, 0.05) is 12.6 Å². The molecule has 0 bridgehead atoms. The second kappa shape index (κ2) is 6.64. The number of alkyl halides is 3. The molecule has 0 radical (unpaired) electrons. The number of hydrogen-bond donors (Lipinski definition) is 1. The van der Waals surface area contributed by atoms with Crippen LogP contribution in [0.1, 0.15) is 25.8 Å². The van der Waals surface area contributed by atoms with Crippen LogP contribution in [-0.2, 0) is 6.54 Å². The molecular formula is C13H18F3NO. The van der Waals surface area contributed by atoms with E-state index >= 15 is 0 Å². The molecule has 1 aromatic rings. The Labute approximate surface area is 105 Å². The maximum absolute atomic E-state index is 11.9. The van der Waals surface area contributed by atoms with E-state index in [1.165, 1.54) is 0 Å². The first kappa shape index (κ1) is 14.8. The van der Waals surface area contributed by atoms with Crippen LogP contribution >= 0.6 is 0 Å². The second-order valence-electron chi connectivity index (χ2n) is 4.39. The highest BCUT2D eigenvalue weighted by atomic mass is 19.4. The summed E-state index contributed by atoms with van der Waals surface area (Å²) < 4.78 is 40.8. The lowest BCUT2D eigenvalue weighted by molar-refractivity contribution is -0.139. The number of nitrogens with one attached hydrogen (secondary N) is 1. The Morgan fingerprint density at radius 3 is 2.28 bits per heavy atom. The van der Waals surface area contributed by atoms with Gasteiger partial charge in [0.05, 0.1) is 13.0 Å². The minimum atomic E-state index is -4.17. The number of ether oxygens (including phenoxy) is 1. The van der Waals surface area contributed by atoms with Crippen molar-refractivity contribution in [1.29, 1.82) is 0 Å². The topological polar surface area (TPSA) is 21.3 Å². The van der Waals surface area contributed by atoms with Gasteiger partial charge >= 0.3 is 6.18 Å². The predicted molar refractivity (Wildman–Crippen MR) is 64.6 cm³/mol. The lowest BCUT2D eigenvalue weighted by atomic mass is 10.2. The second-order valence-corrected chi connectivity index (χ2v) is 4.39. The van der Waals surface area contributed by atoms with Crippen molar-refractivity contribution in [2.45, 2.75) is 39.0 Å². The first-order valence-electron chi connectivity index (χ1n) is 5.89. The summed E-state index contributed by atoms with van der Waals surface area (Å²) in [6.45, 7) is 4.50. The molecule has 0 atom stereocenters. The first-order chi connectivity index (χ1) is 8.37. The van der Waals surface area contributed by atoms with Gasteiger partial charge in [0.25, 0.3) is 0 Å². The van der Waals surface area contributed by atoms with Gasteiger partial charge in [0.15, 0.2) is 0 Å². The van der Waals surface area contributed by atoms with Gasteiger partial charge in [-0.15, -0.1) is 0 Å². The summed E-state index contributed by atoms with van der Waals surface area (Å²) >= 11 is 0. The van der Waals surface area contributed by atoms with Crippen molar-refractivity contribution >= 4 is 0 Å². The summed E-state index contributed by atoms with van der Waals surface area (Å²) in [7, 11) is 0. The fraction of sp³-hybridized carbons (Fsp3) is 0.538. The van der Waals surface area contributed by atoms with E-state index in [-0.39, 0.29) is 6.61 Å². The van der Waals surface area contributed by atoms with Crippen molar-refractivity contribution < 1.29 is 17.9 Å². The number of halogens is 3. The molecule has 0 unspecified atom stereocenters. The maximum Gasteiger partial charge on any atom is 0.392 e. The van der Waals surface area contributed by atoms with Gasteiger partial charge in [-0.05, 0) is 17.7 Å². The van der Waals surface area contributed by atoms with E-state index in [9.17, 15) is 13.2 Å². The highest BCUT2D eigenvalue weighted by Crippen LogP contribution is 2.20. The average Bonchev–Trinajstić information content (AvgIpc) is 2.26. The molecule has 1 aromatic carbocycles. The molecule has 0 aliphatic carbocycles. The summed E-state index contributed by atoms with van der Waals surface area (Å²) in [4.78, 5) is 0. The van der Waals surface area contributed by atoms with Crippen LogP contribution in [0.25, 0.3) is 0 Å². The highest BCUT2D eigenvalue weighted by Gasteiger charge is 2.26. The van der Waals surface area contributed by atoms with Crippen LogP contribution < -0.4 is 10.1 Å². The molecule has 18 heavy (non-hydrogen) atoms. The third-order valence-corrected chi connectivity index (χ3v) is 2.29. The largest absolute Gasteiger partial charge is 0.493 e. The summed E-state index contributed by atoms with van der Waals surface area (Å²) in [6, 6.07) is 7.46. The molecule has 1 rings (SSSR count). The van der Waals surface area contributed by atoms with Crippen LogP contribution in [-0.4, -0.2) is 18.8 Å². The first-order valence-corrected chi connectivity index (χ1v) is 5.89. The van der Waals surface area contributed by atoms with E-state index in [2.05, 4.69) is 19.2 Å². The van der Waals surface area contributed by atoms with Gasteiger partial charge < -0.3 is 10.1 Å². The molecule has 0 aliphatic rings. The molecule has 0 fully saturated rings. The Morgan fingerprint density at radius 1 is 1.17 bits per heavy atom. The molecule has 2 nitrogen and oxygen atoms in total. The standard InChI is InChI=1S/C13H18F3NO/c1-10(2)17-9-11-3-5-12(6-4-11)18-8-7-13(14,15)16/h3-6,10,17H,7-9H2,1-2H3. The minimum absolute atomic E-state index is 0.340. The molecule has 0 aliphatic heterocycles. The predicted octanol–water partition coefficient (Wildman–Crippen LogP) is 3.52. The van der Waals surface area contributed by atoms with Gasteiger partial charge in [-0.25, -0.2) is 0 Å². The van der Waals surface area contributed by atoms with E-state index in [1.807, 2.05) is 12.1 Å². The van der Waals surface area contributed by atoms with Crippen molar-refractivity contribution in [3.8, 4) is 5.75 Å². The number of rotatable bonds is 6. The zero-order chi connectivity index (χ0) is 13.6. The Balaban J connectivity index is 2.36. The highest BCUT2D eigenvalue weighted by molar-refractivity contribution is 5.27. The molecule has 1 N–H and O–H groups in total. The van der Waals surface area contributed by atoms with Gasteiger partial charge in [0.1, 0.15) is 5.75 Å². The van der Waals surface area contributed by atoms with Crippen LogP contribution in [0.3, 0.4) is 0 Å². The molecule has 0 saturated carbocycles. The van der Waals surface area contributed by atoms with E-state index < -0.39 is 12.6 Å². The Bertz CT molecular complexity index is 346. The quantitative estimate of drug-likeness (QED) is 0.846. The van der Waals surface area contributed by atoms with Crippen molar-refractivity contribution in [3.63, 3.8) is 0 Å². The van der Waals surface area contributed by atoms with Gasteiger partial charge in [-0.2, -0.15) is 13.2 Å². The fourth-order valence-corrected chi connectivity index (χ4v) is 1.31. The van der Waals surface area contributed by atoms with Crippen LogP contribution in [0, 0.1) is 0 Å². The van der Waals surface area contributed by atoms with Crippen molar-refractivity contribution in [2.75, 3.05) is 6.61 Å². The van der Waals surface area contributed by atoms with E-state index in [0.717, 1.165) is 12.1 Å². The van der Waals surface area contributed by atoms with E-state index in [4.69, 9.17) is 4.74 Å². The van der Waals surface area contributed by atoms with Gasteiger partial charge in [-0.1, -0.05) is 26.0 Å². The van der Waals surface area contributed by atoms with Crippen molar-refractivity contribution in [1.82, 2.24) is 5.32 Å². The number of benzene rings is 1. The van der Waals surface area contributed by atoms with Crippen LogP contribution in [0.5, 0.6) is 5.75 Å². The molecule has 0 aromatic heterocycles. The van der Waals surface area contributed by atoms with Crippen LogP contribution in [0.15, 0.2) is 24.3 Å². The monoisotopic (exact) mass is 261 g/mol. The lowest BCUT2D eigenvalue weighted by Crippen LogP contribution is -2.21. The average molecular weight is 261 g/mol. The third-order valence-electron chi connectivity index (χ3n) is 2.29. The smallest absolute Gasteiger partial charge is 0.392 e. The third kappa shape index (κ3) is 6.49. The molecule has 0 saturated heterocycles. The molecule has 5 heteroatoms. The molecular weight excluding hydrogens is 243 g/mol. The molecule has 0 spiro atoms. The summed E-state index contributed by atoms with van der Waals surface area (Å²) in [6.07, 6.45) is -5.09. The normalized spacial score (nSPS) is 11.9. The Morgan fingerprint density at radius 2 is 1.78 bits per heavy atom. The molecule has 0 amide bonds. The van der Waals surface area contributed by atoms with Crippen molar-refractivity contribution in [3.05, 3.63) is 29.8 Å². The summed E-state index contributed by atoms with van der Waals surface area (Å²) in [5.74, 6) is 0.465. The summed E-state index contributed by atoms with van der Waals surface area (Å²) in [5.41, 5.74) is 1.08. The lowest BCUT2D eigenvalue weighted by Gasteiger charge is -2.10. The van der Waals surface area contributed by atoms with Gasteiger partial charge in [0.2, 0.25) is 0 Å². The van der Waals surface area contributed by atoms with Crippen LogP contribution in [0.4, 0.5) is 13.2 Å². The van der Waals surface area contributed by atoms with E-state index in [1.54, 1.807) is 12.1 Å². The fourth-order valence-electron chi connectivity index (χ4n) is 1.31. The SMILES string of the molecule is CC(C)NCc1ccc(OCCC(F)(F)F)cc1. The minimum Gasteiger partial charge on any atom is -0.493 e. The molecule has 0 heterocycles. The van der Waals surface area contributed by atoms with Crippen molar-refractivity contribution in [2.24, 2.45) is 0 Å².